The van der Waals surface area contributed by atoms with Crippen LogP contribution in [0, 0.1) is 0 Å². The second-order valence-corrected chi connectivity index (χ2v) is 2.54. The first-order chi connectivity index (χ1) is 5.77. The molecule has 0 radical (unpaired) electrons. The molecule has 12 heavy (non-hydrogen) atoms. The van der Waals surface area contributed by atoms with Crippen molar-refractivity contribution in [2.45, 2.75) is 12.5 Å². The first-order valence-corrected chi connectivity index (χ1v) is 3.67. The number of nitrogens with one attached hydrogen (secondary N) is 1. The van der Waals surface area contributed by atoms with Crippen LogP contribution in [0.1, 0.15) is 6.42 Å². The summed E-state index contributed by atoms with van der Waals surface area (Å²) < 4.78 is 9.41. The van der Waals surface area contributed by atoms with E-state index in [9.17, 15) is 4.79 Å². The van der Waals surface area contributed by atoms with E-state index in [2.05, 4.69) is 15.3 Å². The Morgan fingerprint density at radius 1 is 1.75 bits per heavy atom. The van der Waals surface area contributed by atoms with E-state index in [1.54, 1.807) is 7.11 Å². The van der Waals surface area contributed by atoms with Gasteiger partial charge in [0.25, 0.3) is 0 Å². The molecule has 0 saturated heterocycles. The van der Waals surface area contributed by atoms with Gasteiger partial charge in [-0.15, -0.1) is 0 Å². The van der Waals surface area contributed by atoms with Crippen molar-refractivity contribution in [2.75, 3.05) is 20.8 Å². The van der Waals surface area contributed by atoms with Gasteiger partial charge in [0.15, 0.2) is 0 Å². The van der Waals surface area contributed by atoms with Gasteiger partial charge in [0.1, 0.15) is 5.71 Å². The first kappa shape index (κ1) is 8.99. The number of hydrogen-bond donors (Lipinski definition) is 1. The van der Waals surface area contributed by atoms with E-state index >= 15 is 0 Å². The van der Waals surface area contributed by atoms with Gasteiger partial charge in [0.05, 0.1) is 19.8 Å². The van der Waals surface area contributed by atoms with Gasteiger partial charge in [0.2, 0.25) is 0 Å². The molecule has 1 atom stereocenters. The highest BCUT2D eigenvalue weighted by Crippen LogP contribution is 2.04. The van der Waals surface area contributed by atoms with Crippen LogP contribution in [0.25, 0.3) is 0 Å². The standard InChI is InChI=1S/C7H12N2O3/c1-11-4-5-3-6(9-8-5)7(10)12-2/h5,8H,3-4H2,1-2H3. The molecule has 0 aliphatic carbocycles. The number of methoxy groups -OCH3 is 2. The quantitative estimate of drug-likeness (QED) is 0.584. The van der Waals surface area contributed by atoms with E-state index < -0.39 is 0 Å². The summed E-state index contributed by atoms with van der Waals surface area (Å²) in [5.74, 6) is -0.374. The summed E-state index contributed by atoms with van der Waals surface area (Å²) in [7, 11) is 2.95. The molecule has 1 N–H and O–H groups in total. The molecule has 1 unspecified atom stereocenters. The van der Waals surface area contributed by atoms with Crippen LogP contribution in [0.5, 0.6) is 0 Å². The Hall–Kier alpha value is -1.10. The summed E-state index contributed by atoms with van der Waals surface area (Å²) in [5.41, 5.74) is 3.22. The maximum Gasteiger partial charge on any atom is 0.354 e. The fourth-order valence-electron chi connectivity index (χ4n) is 1.04. The van der Waals surface area contributed by atoms with Crippen LogP contribution in [-0.2, 0) is 14.3 Å². The fourth-order valence-corrected chi connectivity index (χ4v) is 1.04. The lowest BCUT2D eigenvalue weighted by atomic mass is 10.2. The smallest absolute Gasteiger partial charge is 0.354 e. The van der Waals surface area contributed by atoms with Gasteiger partial charge in [-0.1, -0.05) is 0 Å². The van der Waals surface area contributed by atoms with E-state index in [1.807, 2.05) is 0 Å². The summed E-state index contributed by atoms with van der Waals surface area (Å²) in [5, 5.41) is 3.82. The number of carbonyl (C=O) groups excluding carboxylic acids is 1. The van der Waals surface area contributed by atoms with Gasteiger partial charge >= 0.3 is 5.97 Å². The molecule has 0 fully saturated rings. The monoisotopic (exact) mass is 172 g/mol. The van der Waals surface area contributed by atoms with Gasteiger partial charge in [-0.3, -0.25) is 0 Å². The average Bonchev–Trinajstić information content (AvgIpc) is 2.52. The zero-order valence-corrected chi connectivity index (χ0v) is 7.16. The molecule has 68 valence electrons. The molecule has 0 aromatic heterocycles. The Morgan fingerprint density at radius 3 is 3.08 bits per heavy atom. The van der Waals surface area contributed by atoms with Crippen molar-refractivity contribution in [3.63, 3.8) is 0 Å². The highest BCUT2D eigenvalue weighted by molar-refractivity contribution is 6.36. The molecule has 5 nitrogen and oxygen atoms in total. The lowest BCUT2D eigenvalue weighted by molar-refractivity contribution is -0.132. The van der Waals surface area contributed by atoms with Crippen LogP contribution in [0.4, 0.5) is 0 Å². The van der Waals surface area contributed by atoms with Gasteiger partial charge < -0.3 is 14.9 Å². The lowest BCUT2D eigenvalue weighted by Crippen LogP contribution is -2.25. The number of carbonyl (C=O) groups is 1. The number of esters is 1. The average molecular weight is 172 g/mol. The Labute approximate surface area is 70.7 Å². The van der Waals surface area contributed by atoms with Gasteiger partial charge in [-0.25, -0.2) is 4.79 Å². The van der Waals surface area contributed by atoms with Crippen LogP contribution in [0.2, 0.25) is 0 Å². The number of rotatable bonds is 3. The van der Waals surface area contributed by atoms with Crippen LogP contribution in [0.3, 0.4) is 0 Å². The molecule has 1 heterocycles. The Morgan fingerprint density at radius 2 is 2.50 bits per heavy atom. The van der Waals surface area contributed by atoms with Crippen LogP contribution < -0.4 is 5.43 Å². The highest BCUT2D eigenvalue weighted by Gasteiger charge is 2.23. The third-order valence-corrected chi connectivity index (χ3v) is 1.61. The zero-order chi connectivity index (χ0) is 8.97. The van der Waals surface area contributed by atoms with Gasteiger partial charge in [-0.2, -0.15) is 5.10 Å². The molecule has 0 saturated carbocycles. The molecule has 0 amide bonds. The van der Waals surface area contributed by atoms with Crippen molar-refractivity contribution in [3.8, 4) is 0 Å². The van der Waals surface area contributed by atoms with Crippen molar-refractivity contribution in [1.29, 1.82) is 0 Å². The second-order valence-electron chi connectivity index (χ2n) is 2.54. The first-order valence-electron chi connectivity index (χ1n) is 3.67. The van der Waals surface area contributed by atoms with Gasteiger partial charge in [-0.05, 0) is 0 Å². The summed E-state index contributed by atoms with van der Waals surface area (Å²) >= 11 is 0. The molecule has 1 aliphatic heterocycles. The maximum absolute atomic E-state index is 10.9. The van der Waals surface area contributed by atoms with E-state index in [0.29, 0.717) is 18.7 Å². The van der Waals surface area contributed by atoms with Crippen molar-refractivity contribution in [1.82, 2.24) is 5.43 Å². The number of nitrogens with zero attached hydrogens (tertiary/aromatic N) is 1. The number of hydrazone groups is 1. The Balaban J connectivity index is 2.38. The molecule has 5 heteroatoms. The zero-order valence-electron chi connectivity index (χ0n) is 7.16. The summed E-state index contributed by atoms with van der Waals surface area (Å²) in [6, 6.07) is 0.101. The van der Waals surface area contributed by atoms with Crippen molar-refractivity contribution < 1.29 is 14.3 Å². The molecule has 1 aliphatic rings. The predicted molar refractivity (Wildman–Crippen MR) is 42.9 cm³/mol. The fraction of sp³-hybridized carbons (Fsp3) is 0.714. The number of hydrogen-bond acceptors (Lipinski definition) is 5. The van der Waals surface area contributed by atoms with Crippen LogP contribution in [-0.4, -0.2) is 38.5 Å². The van der Waals surface area contributed by atoms with Crippen molar-refractivity contribution >= 4 is 11.7 Å². The SMILES string of the molecule is COCC1CC(C(=O)OC)=NN1. The summed E-state index contributed by atoms with van der Waals surface area (Å²) in [6.45, 7) is 0.546. The molecule has 0 aromatic carbocycles. The predicted octanol–water partition coefficient (Wildman–Crippen LogP) is -0.476. The van der Waals surface area contributed by atoms with Crippen LogP contribution >= 0.6 is 0 Å². The molecule has 1 rings (SSSR count). The minimum atomic E-state index is -0.374. The minimum Gasteiger partial charge on any atom is -0.464 e. The lowest BCUT2D eigenvalue weighted by Gasteiger charge is -2.06. The highest BCUT2D eigenvalue weighted by atomic mass is 16.5. The molecular formula is C7H12N2O3. The third-order valence-electron chi connectivity index (χ3n) is 1.61. The number of ether oxygens (including phenoxy) is 2. The minimum absolute atomic E-state index is 0.101. The molecule has 0 spiro atoms. The van der Waals surface area contributed by atoms with Crippen molar-refractivity contribution in [3.05, 3.63) is 0 Å². The largest absolute Gasteiger partial charge is 0.464 e. The Kier molecular flexibility index (Phi) is 3.04. The van der Waals surface area contributed by atoms with Crippen molar-refractivity contribution in [2.24, 2.45) is 5.10 Å². The third kappa shape index (κ3) is 1.94. The summed E-state index contributed by atoms with van der Waals surface area (Å²) in [6.07, 6.45) is 0.570. The van der Waals surface area contributed by atoms with Gasteiger partial charge in [0, 0.05) is 13.5 Å². The van der Waals surface area contributed by atoms with E-state index in [0.717, 1.165) is 0 Å². The van der Waals surface area contributed by atoms with Crippen LogP contribution in [0.15, 0.2) is 5.10 Å². The maximum atomic E-state index is 10.9. The Bertz CT molecular complexity index is 203. The van der Waals surface area contributed by atoms with E-state index in [-0.39, 0.29) is 12.0 Å². The molecular weight excluding hydrogens is 160 g/mol. The normalized spacial score (nSPS) is 21.5. The molecule has 0 bridgehead atoms. The second kappa shape index (κ2) is 4.06. The van der Waals surface area contributed by atoms with E-state index in [4.69, 9.17) is 4.74 Å². The van der Waals surface area contributed by atoms with E-state index in [1.165, 1.54) is 7.11 Å². The molecule has 0 aromatic rings. The topological polar surface area (TPSA) is 59.9 Å². The summed E-state index contributed by atoms with van der Waals surface area (Å²) in [4.78, 5) is 10.9.